The Bertz CT molecular complexity index is 737. The molecule has 0 radical (unpaired) electrons. The molecule has 0 saturated carbocycles. The zero-order valence-electron chi connectivity index (χ0n) is 11.4. The molecule has 3 aromatic heterocycles. The molecule has 102 valence electrons. The fourth-order valence-corrected chi connectivity index (χ4v) is 1.99. The minimum Gasteiger partial charge on any atom is -0.481 e. The van der Waals surface area contributed by atoms with Crippen LogP contribution in [-0.2, 0) is 6.54 Å². The summed E-state index contributed by atoms with van der Waals surface area (Å²) in [7, 11) is 1.58. The highest BCUT2D eigenvalue weighted by Crippen LogP contribution is 2.11. The van der Waals surface area contributed by atoms with E-state index in [0.717, 1.165) is 17.0 Å². The van der Waals surface area contributed by atoms with Gasteiger partial charge in [-0.1, -0.05) is 6.07 Å². The number of anilines is 1. The van der Waals surface area contributed by atoms with E-state index in [4.69, 9.17) is 4.74 Å². The van der Waals surface area contributed by atoms with Crippen molar-refractivity contribution in [2.24, 2.45) is 0 Å². The summed E-state index contributed by atoms with van der Waals surface area (Å²) in [6.07, 6.45) is 3.67. The molecule has 0 aliphatic carbocycles. The molecule has 0 aliphatic rings. The number of nitrogens with zero attached hydrogens (tertiary/aromatic N) is 4. The zero-order chi connectivity index (χ0) is 13.9. The smallest absolute Gasteiger partial charge is 0.226 e. The van der Waals surface area contributed by atoms with Crippen LogP contribution in [0.1, 0.15) is 11.4 Å². The van der Waals surface area contributed by atoms with Gasteiger partial charge in [-0.15, -0.1) is 0 Å². The van der Waals surface area contributed by atoms with Crippen molar-refractivity contribution in [3.63, 3.8) is 0 Å². The third-order valence-electron chi connectivity index (χ3n) is 3.01. The third kappa shape index (κ3) is 2.40. The largest absolute Gasteiger partial charge is 0.481 e. The summed E-state index contributed by atoms with van der Waals surface area (Å²) in [5.74, 6) is 1.06. The molecule has 0 saturated heterocycles. The Labute approximate surface area is 116 Å². The summed E-state index contributed by atoms with van der Waals surface area (Å²) >= 11 is 0. The van der Waals surface area contributed by atoms with Crippen LogP contribution in [0.3, 0.4) is 0 Å². The molecular formula is C14H15N5O. The van der Waals surface area contributed by atoms with E-state index in [1.807, 2.05) is 18.3 Å². The van der Waals surface area contributed by atoms with Gasteiger partial charge in [0.2, 0.25) is 11.8 Å². The number of hydrogen-bond acceptors (Lipinski definition) is 5. The van der Waals surface area contributed by atoms with Crippen molar-refractivity contribution >= 4 is 11.6 Å². The Balaban J connectivity index is 1.78. The van der Waals surface area contributed by atoms with E-state index in [2.05, 4.69) is 37.7 Å². The van der Waals surface area contributed by atoms with Gasteiger partial charge >= 0.3 is 0 Å². The highest BCUT2D eigenvalue weighted by Gasteiger charge is 2.04. The van der Waals surface area contributed by atoms with Gasteiger partial charge in [-0.2, -0.15) is 4.98 Å². The number of aromatic nitrogens is 4. The first-order valence-corrected chi connectivity index (χ1v) is 6.31. The lowest BCUT2D eigenvalue weighted by Gasteiger charge is -2.03. The zero-order valence-corrected chi connectivity index (χ0v) is 11.4. The molecular weight excluding hydrogens is 254 g/mol. The van der Waals surface area contributed by atoms with E-state index in [1.165, 1.54) is 0 Å². The fraction of sp³-hybridized carbons (Fsp3) is 0.214. The summed E-state index contributed by atoms with van der Waals surface area (Å²) in [5.41, 5.74) is 3.03. The first-order valence-electron chi connectivity index (χ1n) is 6.31. The lowest BCUT2D eigenvalue weighted by Crippen LogP contribution is -2.04. The number of pyridine rings is 1. The van der Waals surface area contributed by atoms with Crippen LogP contribution < -0.4 is 10.1 Å². The van der Waals surface area contributed by atoms with Crippen LogP contribution >= 0.6 is 0 Å². The Hall–Kier alpha value is -2.63. The monoisotopic (exact) mass is 269 g/mol. The van der Waals surface area contributed by atoms with Gasteiger partial charge in [-0.3, -0.25) is 0 Å². The number of imidazole rings is 1. The number of methoxy groups -OCH3 is 1. The molecule has 3 heterocycles. The molecule has 0 bridgehead atoms. The van der Waals surface area contributed by atoms with E-state index < -0.39 is 0 Å². The standard InChI is InChI=1S/C14H15N5O/c1-10-4-3-5-12-17-11(9-19(10)12)8-16-14-15-7-6-13(18-14)20-2/h3-7,9H,8H2,1-2H3,(H,15,16,18). The first-order chi connectivity index (χ1) is 9.76. The van der Waals surface area contributed by atoms with Crippen molar-refractivity contribution in [2.45, 2.75) is 13.5 Å². The van der Waals surface area contributed by atoms with Crippen molar-refractivity contribution in [1.29, 1.82) is 0 Å². The molecule has 0 aliphatic heterocycles. The molecule has 0 atom stereocenters. The summed E-state index contributed by atoms with van der Waals surface area (Å²) in [6.45, 7) is 2.62. The van der Waals surface area contributed by atoms with Gasteiger partial charge in [0.15, 0.2) is 0 Å². The molecule has 0 spiro atoms. The lowest BCUT2D eigenvalue weighted by atomic mass is 10.4. The van der Waals surface area contributed by atoms with Crippen molar-refractivity contribution in [1.82, 2.24) is 19.4 Å². The van der Waals surface area contributed by atoms with Crippen molar-refractivity contribution in [2.75, 3.05) is 12.4 Å². The van der Waals surface area contributed by atoms with E-state index in [-0.39, 0.29) is 0 Å². The number of nitrogens with one attached hydrogen (secondary N) is 1. The van der Waals surface area contributed by atoms with Crippen LogP contribution in [0.2, 0.25) is 0 Å². The number of ether oxygens (including phenoxy) is 1. The predicted octanol–water partition coefficient (Wildman–Crippen LogP) is 2.05. The number of aryl methyl sites for hydroxylation is 1. The number of hydrogen-bond donors (Lipinski definition) is 1. The average molecular weight is 269 g/mol. The second-order valence-electron chi connectivity index (χ2n) is 4.40. The van der Waals surface area contributed by atoms with E-state index in [1.54, 1.807) is 19.4 Å². The molecule has 3 rings (SSSR count). The van der Waals surface area contributed by atoms with Crippen LogP contribution in [0.4, 0.5) is 5.95 Å². The molecule has 0 fully saturated rings. The maximum absolute atomic E-state index is 5.06. The minimum atomic E-state index is 0.526. The number of fused-ring (bicyclic) bond motifs is 1. The van der Waals surface area contributed by atoms with E-state index in [9.17, 15) is 0 Å². The summed E-state index contributed by atoms with van der Waals surface area (Å²) in [6, 6.07) is 7.75. The molecule has 6 heteroatoms. The van der Waals surface area contributed by atoms with Crippen LogP contribution in [0.5, 0.6) is 5.88 Å². The Kier molecular flexibility index (Phi) is 3.20. The van der Waals surface area contributed by atoms with Crippen LogP contribution in [0, 0.1) is 6.92 Å². The quantitative estimate of drug-likeness (QED) is 0.785. The normalized spacial score (nSPS) is 10.7. The van der Waals surface area contributed by atoms with Gasteiger partial charge in [0.05, 0.1) is 19.3 Å². The molecule has 0 aromatic carbocycles. The molecule has 20 heavy (non-hydrogen) atoms. The predicted molar refractivity (Wildman–Crippen MR) is 75.8 cm³/mol. The topological polar surface area (TPSA) is 64.3 Å². The van der Waals surface area contributed by atoms with E-state index in [0.29, 0.717) is 18.4 Å². The Morgan fingerprint density at radius 3 is 2.95 bits per heavy atom. The van der Waals surface area contributed by atoms with Gasteiger partial charge in [0, 0.05) is 24.2 Å². The van der Waals surface area contributed by atoms with Gasteiger partial charge in [-0.25, -0.2) is 9.97 Å². The van der Waals surface area contributed by atoms with Crippen LogP contribution in [0.25, 0.3) is 5.65 Å². The minimum absolute atomic E-state index is 0.526. The molecule has 3 aromatic rings. The number of rotatable bonds is 4. The maximum atomic E-state index is 5.06. The molecule has 0 amide bonds. The summed E-state index contributed by atoms with van der Waals surface area (Å²) in [5, 5.41) is 3.14. The van der Waals surface area contributed by atoms with Crippen molar-refractivity contribution < 1.29 is 4.74 Å². The Morgan fingerprint density at radius 2 is 2.15 bits per heavy atom. The van der Waals surface area contributed by atoms with Gasteiger partial charge in [-0.05, 0) is 19.1 Å². The second-order valence-corrected chi connectivity index (χ2v) is 4.40. The SMILES string of the molecule is COc1ccnc(NCc2cn3c(C)cccc3n2)n1. The van der Waals surface area contributed by atoms with Crippen LogP contribution in [0.15, 0.2) is 36.7 Å². The fourth-order valence-electron chi connectivity index (χ4n) is 1.99. The third-order valence-corrected chi connectivity index (χ3v) is 3.01. The van der Waals surface area contributed by atoms with Crippen LogP contribution in [-0.4, -0.2) is 26.5 Å². The summed E-state index contributed by atoms with van der Waals surface area (Å²) in [4.78, 5) is 12.9. The molecule has 0 unspecified atom stereocenters. The van der Waals surface area contributed by atoms with E-state index >= 15 is 0 Å². The van der Waals surface area contributed by atoms with Gasteiger partial charge in [0.1, 0.15) is 5.65 Å². The van der Waals surface area contributed by atoms with Crippen molar-refractivity contribution in [3.8, 4) is 5.88 Å². The first kappa shape index (κ1) is 12.4. The Morgan fingerprint density at radius 1 is 1.25 bits per heavy atom. The average Bonchev–Trinajstić information content (AvgIpc) is 2.90. The molecule has 6 nitrogen and oxygen atoms in total. The summed E-state index contributed by atoms with van der Waals surface area (Å²) < 4.78 is 7.12. The lowest BCUT2D eigenvalue weighted by molar-refractivity contribution is 0.397. The van der Waals surface area contributed by atoms with Gasteiger partial charge in [0.25, 0.3) is 0 Å². The van der Waals surface area contributed by atoms with Crippen molar-refractivity contribution in [3.05, 3.63) is 48.0 Å². The second kappa shape index (κ2) is 5.16. The van der Waals surface area contributed by atoms with Gasteiger partial charge < -0.3 is 14.5 Å². The highest BCUT2D eigenvalue weighted by molar-refractivity contribution is 5.42. The highest BCUT2D eigenvalue weighted by atomic mass is 16.5. The maximum Gasteiger partial charge on any atom is 0.226 e. The molecule has 1 N–H and O–H groups in total.